The highest BCUT2D eigenvalue weighted by Crippen LogP contribution is 2.28. The summed E-state index contributed by atoms with van der Waals surface area (Å²) in [5, 5.41) is 13.4. The van der Waals surface area contributed by atoms with E-state index in [-0.39, 0.29) is 11.7 Å². The summed E-state index contributed by atoms with van der Waals surface area (Å²) >= 11 is 0. The maximum atomic E-state index is 12.7. The van der Waals surface area contributed by atoms with Crippen LogP contribution in [0.4, 0.5) is 0 Å². The number of phenolic OH excluding ortho intramolecular Hbond substituents is 1. The highest BCUT2D eigenvalue weighted by Gasteiger charge is 2.27. The normalized spacial score (nSPS) is 15.2. The molecule has 1 amide bonds. The molecule has 21 heavy (non-hydrogen) atoms. The number of amides is 1. The van der Waals surface area contributed by atoms with Crippen molar-refractivity contribution >= 4 is 5.91 Å². The van der Waals surface area contributed by atoms with Gasteiger partial charge in [-0.15, -0.1) is 0 Å². The monoisotopic (exact) mass is 288 g/mol. The summed E-state index contributed by atoms with van der Waals surface area (Å²) in [6.45, 7) is 3.96. The van der Waals surface area contributed by atoms with Crippen LogP contribution >= 0.6 is 0 Å². The van der Waals surface area contributed by atoms with Crippen molar-refractivity contribution in [2.24, 2.45) is 0 Å². The quantitative estimate of drug-likeness (QED) is 0.912. The molecule has 2 aromatic rings. The van der Waals surface area contributed by atoms with Gasteiger partial charge in [-0.2, -0.15) is 0 Å². The second-order valence-electron chi connectivity index (χ2n) is 4.91. The van der Waals surface area contributed by atoms with Crippen LogP contribution in [0.3, 0.4) is 0 Å². The van der Waals surface area contributed by atoms with Gasteiger partial charge in [0.25, 0.3) is 5.91 Å². The van der Waals surface area contributed by atoms with Gasteiger partial charge in [0.2, 0.25) is 0 Å². The number of rotatable bonds is 2. The minimum Gasteiger partial charge on any atom is -0.508 e. The summed E-state index contributed by atoms with van der Waals surface area (Å²) in [7, 11) is 0. The Kier molecular flexibility index (Phi) is 3.62. The van der Waals surface area contributed by atoms with E-state index in [4.69, 9.17) is 9.26 Å². The van der Waals surface area contributed by atoms with Gasteiger partial charge in [-0.3, -0.25) is 4.79 Å². The first-order chi connectivity index (χ1) is 10.2. The van der Waals surface area contributed by atoms with Gasteiger partial charge in [-0.25, -0.2) is 0 Å². The van der Waals surface area contributed by atoms with Gasteiger partial charge in [0.1, 0.15) is 22.8 Å². The van der Waals surface area contributed by atoms with Gasteiger partial charge < -0.3 is 19.3 Å². The van der Waals surface area contributed by atoms with Crippen LogP contribution in [-0.4, -0.2) is 47.4 Å². The van der Waals surface area contributed by atoms with Crippen molar-refractivity contribution < 1.29 is 19.2 Å². The van der Waals surface area contributed by atoms with Crippen molar-refractivity contribution in [2.75, 3.05) is 26.3 Å². The zero-order chi connectivity index (χ0) is 14.8. The molecule has 6 nitrogen and oxygen atoms in total. The van der Waals surface area contributed by atoms with Crippen LogP contribution in [0, 0.1) is 6.92 Å². The summed E-state index contributed by atoms with van der Waals surface area (Å²) in [5.74, 6) is 0.565. The Balaban J connectivity index is 1.96. The summed E-state index contributed by atoms with van der Waals surface area (Å²) in [6, 6.07) is 6.54. The number of aryl methyl sites for hydroxylation is 1. The predicted octanol–water partition coefficient (Wildman–Crippen LogP) is 1.83. The molecular weight excluding hydrogens is 272 g/mol. The van der Waals surface area contributed by atoms with E-state index in [2.05, 4.69) is 5.16 Å². The van der Waals surface area contributed by atoms with Crippen molar-refractivity contribution in [1.82, 2.24) is 10.1 Å². The summed E-state index contributed by atoms with van der Waals surface area (Å²) in [6.07, 6.45) is 0. The molecule has 0 unspecified atom stereocenters. The second-order valence-corrected chi connectivity index (χ2v) is 4.91. The highest BCUT2D eigenvalue weighted by molar-refractivity contribution is 6.00. The summed E-state index contributed by atoms with van der Waals surface area (Å²) in [5.41, 5.74) is 1.72. The molecule has 2 heterocycles. The van der Waals surface area contributed by atoms with Crippen molar-refractivity contribution in [3.8, 4) is 17.0 Å². The Bertz CT molecular complexity index is 642. The SMILES string of the molecule is Cc1onc(-c2ccc(O)cc2)c1C(=O)N1CCOCC1. The fraction of sp³-hybridized carbons (Fsp3) is 0.333. The number of hydrogen-bond acceptors (Lipinski definition) is 5. The number of morpholine rings is 1. The number of nitrogens with zero attached hydrogens (tertiary/aromatic N) is 2. The van der Waals surface area contributed by atoms with Crippen LogP contribution in [0.5, 0.6) is 5.75 Å². The number of carbonyl (C=O) groups excluding carboxylic acids is 1. The zero-order valence-electron chi connectivity index (χ0n) is 11.7. The first kappa shape index (κ1) is 13.6. The van der Waals surface area contributed by atoms with Crippen LogP contribution in [0.2, 0.25) is 0 Å². The van der Waals surface area contributed by atoms with E-state index in [1.807, 2.05) is 0 Å². The zero-order valence-corrected chi connectivity index (χ0v) is 11.7. The number of hydrogen-bond donors (Lipinski definition) is 1. The fourth-order valence-corrected chi connectivity index (χ4v) is 2.36. The minimum atomic E-state index is -0.0971. The van der Waals surface area contributed by atoms with Crippen molar-refractivity contribution in [3.63, 3.8) is 0 Å². The Morgan fingerprint density at radius 1 is 1.24 bits per heavy atom. The number of aromatic nitrogens is 1. The molecule has 1 aromatic heterocycles. The lowest BCUT2D eigenvalue weighted by Gasteiger charge is -2.26. The lowest BCUT2D eigenvalue weighted by molar-refractivity contribution is 0.0302. The van der Waals surface area contributed by atoms with E-state index in [0.29, 0.717) is 43.3 Å². The maximum absolute atomic E-state index is 12.7. The molecule has 110 valence electrons. The lowest BCUT2D eigenvalue weighted by atomic mass is 10.0. The van der Waals surface area contributed by atoms with Crippen LogP contribution < -0.4 is 0 Å². The highest BCUT2D eigenvalue weighted by atomic mass is 16.5. The molecule has 3 rings (SSSR count). The Morgan fingerprint density at radius 2 is 1.90 bits per heavy atom. The standard InChI is InChI=1S/C15H16N2O4/c1-10-13(15(19)17-6-8-20-9-7-17)14(16-21-10)11-2-4-12(18)5-3-11/h2-5,18H,6-9H2,1H3. The molecule has 0 aliphatic carbocycles. The molecule has 1 saturated heterocycles. The van der Waals surface area contributed by atoms with Crippen LogP contribution in [0.15, 0.2) is 28.8 Å². The largest absolute Gasteiger partial charge is 0.508 e. The smallest absolute Gasteiger partial charge is 0.259 e. The molecule has 0 atom stereocenters. The second kappa shape index (κ2) is 5.57. The Morgan fingerprint density at radius 3 is 2.57 bits per heavy atom. The number of carbonyl (C=O) groups is 1. The van der Waals surface area contributed by atoms with Gasteiger partial charge in [0, 0.05) is 18.7 Å². The lowest BCUT2D eigenvalue weighted by Crippen LogP contribution is -2.41. The first-order valence-corrected chi connectivity index (χ1v) is 6.79. The molecule has 1 aliphatic heterocycles. The summed E-state index contributed by atoms with van der Waals surface area (Å²) in [4.78, 5) is 14.4. The van der Waals surface area contributed by atoms with Crippen molar-refractivity contribution in [3.05, 3.63) is 35.6 Å². The van der Waals surface area contributed by atoms with E-state index in [1.54, 1.807) is 36.1 Å². The van der Waals surface area contributed by atoms with Gasteiger partial charge >= 0.3 is 0 Å². The predicted molar refractivity (Wildman–Crippen MR) is 75.1 cm³/mol. The number of aromatic hydroxyl groups is 1. The maximum Gasteiger partial charge on any atom is 0.259 e. The third-order valence-corrected chi connectivity index (χ3v) is 3.52. The topological polar surface area (TPSA) is 75.8 Å². The van der Waals surface area contributed by atoms with Gasteiger partial charge in [0.15, 0.2) is 0 Å². The average molecular weight is 288 g/mol. The van der Waals surface area contributed by atoms with Crippen LogP contribution in [0.25, 0.3) is 11.3 Å². The first-order valence-electron chi connectivity index (χ1n) is 6.79. The molecule has 1 N–H and O–H groups in total. The molecule has 0 bridgehead atoms. The number of phenols is 1. The average Bonchev–Trinajstić information content (AvgIpc) is 2.90. The molecule has 0 spiro atoms. The molecule has 1 aromatic carbocycles. The van der Waals surface area contributed by atoms with E-state index >= 15 is 0 Å². The third-order valence-electron chi connectivity index (χ3n) is 3.52. The van der Waals surface area contributed by atoms with E-state index in [1.165, 1.54) is 0 Å². The molecule has 0 saturated carbocycles. The third kappa shape index (κ3) is 2.62. The van der Waals surface area contributed by atoms with Crippen molar-refractivity contribution in [2.45, 2.75) is 6.92 Å². The van der Waals surface area contributed by atoms with Crippen molar-refractivity contribution in [1.29, 1.82) is 0 Å². The number of ether oxygens (including phenoxy) is 1. The Labute approximate surface area is 121 Å². The van der Waals surface area contributed by atoms with Gasteiger partial charge in [-0.05, 0) is 31.2 Å². The van der Waals surface area contributed by atoms with Gasteiger partial charge in [-0.1, -0.05) is 5.16 Å². The Hall–Kier alpha value is -2.34. The minimum absolute atomic E-state index is 0.0971. The van der Waals surface area contributed by atoms with E-state index < -0.39 is 0 Å². The summed E-state index contributed by atoms with van der Waals surface area (Å²) < 4.78 is 10.5. The molecule has 1 fully saturated rings. The van der Waals surface area contributed by atoms with E-state index in [0.717, 1.165) is 5.56 Å². The molecule has 1 aliphatic rings. The van der Waals surface area contributed by atoms with Crippen LogP contribution in [-0.2, 0) is 4.74 Å². The molecular formula is C15H16N2O4. The van der Waals surface area contributed by atoms with Crippen LogP contribution in [0.1, 0.15) is 16.1 Å². The number of benzene rings is 1. The fourth-order valence-electron chi connectivity index (χ4n) is 2.36. The molecule has 0 radical (unpaired) electrons. The van der Waals surface area contributed by atoms with E-state index in [9.17, 15) is 9.90 Å². The molecule has 6 heteroatoms. The van der Waals surface area contributed by atoms with Gasteiger partial charge in [0.05, 0.1) is 13.2 Å².